The Labute approximate surface area is 329 Å². The zero-order valence-electron chi connectivity index (χ0n) is 33.5. The average molecular weight is 802 g/mol. The van der Waals surface area contributed by atoms with Crippen LogP contribution in [0.2, 0.25) is 19.6 Å². The summed E-state index contributed by atoms with van der Waals surface area (Å²) in [6, 6.07) is 25.5. The van der Waals surface area contributed by atoms with Crippen molar-refractivity contribution in [2.24, 2.45) is 0 Å². The average Bonchev–Trinajstić information content (AvgIpc) is 3.85. The fourth-order valence-corrected chi connectivity index (χ4v) is 12.4. The molecule has 3 heterocycles. The number of hydrogen-bond donors (Lipinski definition) is 0. The van der Waals surface area contributed by atoms with Crippen molar-refractivity contribution < 1.29 is 32.5 Å². The van der Waals surface area contributed by atoms with E-state index in [4.69, 9.17) is 27.9 Å². The van der Waals surface area contributed by atoms with Gasteiger partial charge in [-0.2, -0.15) is 10.1 Å². The lowest BCUT2D eigenvalue weighted by atomic mass is 9.79. The van der Waals surface area contributed by atoms with Gasteiger partial charge < -0.3 is 27.9 Å². The Morgan fingerprint density at radius 2 is 1.50 bits per heavy atom. The second kappa shape index (κ2) is 16.6. The third-order valence-electron chi connectivity index (χ3n) is 9.87. The van der Waals surface area contributed by atoms with E-state index in [1.807, 2.05) is 107 Å². The van der Waals surface area contributed by atoms with Crippen molar-refractivity contribution in [2.75, 3.05) is 27.0 Å². The van der Waals surface area contributed by atoms with Crippen LogP contribution in [-0.4, -0.2) is 77.2 Å². The molecule has 3 aromatic carbocycles. The summed E-state index contributed by atoms with van der Waals surface area (Å²) < 4.78 is 56.5. The number of nitrogens with zero attached hydrogens (tertiary/aromatic N) is 5. The second-order valence-corrected chi connectivity index (χ2v) is 22.7. The first-order chi connectivity index (χ1) is 26.6. The van der Waals surface area contributed by atoms with Gasteiger partial charge in [0.15, 0.2) is 14.1 Å². The molecule has 0 aliphatic carbocycles. The Bertz CT molecular complexity index is 2130. The highest BCUT2D eigenvalue weighted by molar-refractivity contribution is 7.60. The van der Waals surface area contributed by atoms with E-state index in [-0.39, 0.29) is 19.2 Å². The van der Waals surface area contributed by atoms with Crippen LogP contribution >= 0.6 is 7.37 Å². The number of ether oxygens (including phenoxy) is 4. The summed E-state index contributed by atoms with van der Waals surface area (Å²) in [7, 11) is -2.59. The molecule has 6 rings (SSSR count). The van der Waals surface area contributed by atoms with Crippen LogP contribution in [0, 0.1) is 6.92 Å². The highest BCUT2D eigenvalue weighted by Crippen LogP contribution is 2.62. The maximum atomic E-state index is 15.3. The normalized spacial score (nSPS) is 18.8. The number of aromatic nitrogens is 5. The Hall–Kier alpha value is -4.43. The van der Waals surface area contributed by atoms with Crippen molar-refractivity contribution >= 4 is 15.7 Å². The molecule has 3 unspecified atom stereocenters. The largest absolute Gasteiger partial charge is 0.497 e. The lowest BCUT2D eigenvalue weighted by Crippen LogP contribution is -2.43. The predicted octanol–water partition coefficient (Wildman–Crippen LogP) is 7.72. The Kier molecular flexibility index (Phi) is 12.2. The molecule has 1 aliphatic rings. The first-order valence-corrected chi connectivity index (χ1v) is 23.9. The van der Waals surface area contributed by atoms with Crippen LogP contribution in [0.3, 0.4) is 0 Å². The van der Waals surface area contributed by atoms with Crippen LogP contribution in [-0.2, 0) is 28.6 Å². The minimum absolute atomic E-state index is 0.0339. The fraction of sp³-hybridized carbons (Fsp3) is 0.415. The molecule has 0 radical (unpaired) electrons. The van der Waals surface area contributed by atoms with Crippen molar-refractivity contribution in [2.45, 2.75) is 83.1 Å². The van der Waals surface area contributed by atoms with E-state index < -0.39 is 50.8 Å². The Balaban J connectivity index is 1.53. The highest BCUT2D eigenvalue weighted by atomic mass is 31.2. The smallest absolute Gasteiger partial charge is 0.351 e. The van der Waals surface area contributed by atoms with Crippen LogP contribution < -0.4 is 15.2 Å². The zero-order valence-corrected chi connectivity index (χ0v) is 35.4. The molecule has 0 bridgehead atoms. The number of methoxy groups -OCH3 is 2. The van der Waals surface area contributed by atoms with Crippen molar-refractivity contribution in [1.82, 2.24) is 24.3 Å². The SMILES string of the molecule is CCOP(=O)(C[C@H]1OC(n2cc(C)c(-n3cncn3)nc2=O)CC1OC(c1ccccc1)(c1ccc(OC)cc1)c1ccc(OC)cc1)C(C)(C)O[Si](C)(C)C. The summed E-state index contributed by atoms with van der Waals surface area (Å²) in [6.45, 7) is 13.7. The molecule has 5 aromatic rings. The summed E-state index contributed by atoms with van der Waals surface area (Å²) in [6.07, 6.45) is 2.38. The topological polar surface area (TPSA) is 138 Å². The van der Waals surface area contributed by atoms with Gasteiger partial charge in [-0.3, -0.25) is 9.13 Å². The van der Waals surface area contributed by atoms with Crippen LogP contribution in [0.15, 0.2) is 103 Å². The molecule has 1 aliphatic heterocycles. The molecular weight excluding hydrogens is 750 g/mol. The van der Waals surface area contributed by atoms with Crippen molar-refractivity contribution in [3.8, 4) is 17.3 Å². The van der Waals surface area contributed by atoms with E-state index in [0.717, 1.165) is 16.7 Å². The van der Waals surface area contributed by atoms with Gasteiger partial charge in [0.1, 0.15) is 41.3 Å². The van der Waals surface area contributed by atoms with Gasteiger partial charge in [0.25, 0.3) is 0 Å². The number of rotatable bonds is 16. The summed E-state index contributed by atoms with van der Waals surface area (Å²) in [5, 5.41) is 3.03. The van der Waals surface area contributed by atoms with Gasteiger partial charge in [0.05, 0.1) is 39.2 Å². The molecule has 0 spiro atoms. The van der Waals surface area contributed by atoms with Gasteiger partial charge in [0.2, 0.25) is 7.37 Å². The number of aryl methyl sites for hydroxylation is 1. The van der Waals surface area contributed by atoms with Crippen LogP contribution in [0.5, 0.6) is 11.5 Å². The van der Waals surface area contributed by atoms with E-state index in [9.17, 15) is 4.79 Å². The maximum Gasteiger partial charge on any atom is 0.351 e. The molecule has 1 fully saturated rings. The van der Waals surface area contributed by atoms with Crippen molar-refractivity contribution in [3.05, 3.63) is 130 Å². The standard InChI is InChI=1S/C41H52N5O8PSi/c1-10-51-55(48,40(3,4)54-56(7,8)9)26-36-35(24-37(52-36)45-25-29(2)38(44-39(45)47)46-28-42-27-43-46)53-41(30-14-12-11-13-15-30,31-16-20-33(49-5)21-17-31)32-18-22-34(50-6)23-19-32/h11-23,25,27-28,35-37H,10,24,26H2,1-9H3/t35?,36-,37?,55?/m1/s1. The number of hydrogen-bond acceptors (Lipinski definition) is 11. The predicted molar refractivity (Wildman–Crippen MR) is 216 cm³/mol. The van der Waals surface area contributed by atoms with Crippen molar-refractivity contribution in [1.29, 1.82) is 0 Å². The first kappa shape index (κ1) is 41.2. The fourth-order valence-electron chi connectivity index (χ4n) is 7.42. The third-order valence-corrected chi connectivity index (χ3v) is 14.4. The van der Waals surface area contributed by atoms with Crippen LogP contribution in [0.4, 0.5) is 0 Å². The molecule has 0 N–H and O–H groups in total. The molecule has 15 heteroatoms. The lowest BCUT2D eigenvalue weighted by molar-refractivity contribution is -0.0794. The first-order valence-electron chi connectivity index (χ1n) is 18.7. The van der Waals surface area contributed by atoms with Crippen LogP contribution in [0.25, 0.3) is 5.82 Å². The summed E-state index contributed by atoms with van der Waals surface area (Å²) in [5.74, 6) is 1.73. The monoisotopic (exact) mass is 801 g/mol. The van der Waals surface area contributed by atoms with E-state index in [1.54, 1.807) is 20.4 Å². The van der Waals surface area contributed by atoms with E-state index >= 15 is 4.57 Å². The summed E-state index contributed by atoms with van der Waals surface area (Å²) in [4.78, 5) is 22.2. The summed E-state index contributed by atoms with van der Waals surface area (Å²) in [5.41, 5.74) is 1.40. The van der Waals surface area contributed by atoms with Crippen molar-refractivity contribution in [3.63, 3.8) is 0 Å². The van der Waals surface area contributed by atoms with E-state index in [2.05, 4.69) is 34.7 Å². The molecule has 2 aromatic heterocycles. The van der Waals surface area contributed by atoms with Gasteiger partial charge >= 0.3 is 5.69 Å². The van der Waals surface area contributed by atoms with Gasteiger partial charge in [-0.05, 0) is 88.3 Å². The molecule has 0 saturated carbocycles. The molecule has 13 nitrogen and oxygen atoms in total. The minimum Gasteiger partial charge on any atom is -0.497 e. The van der Waals surface area contributed by atoms with Gasteiger partial charge in [-0.15, -0.1) is 0 Å². The molecule has 56 heavy (non-hydrogen) atoms. The Morgan fingerprint density at radius 1 is 0.911 bits per heavy atom. The molecule has 0 amide bonds. The van der Waals surface area contributed by atoms with Gasteiger partial charge in [-0.1, -0.05) is 54.6 Å². The van der Waals surface area contributed by atoms with E-state index in [1.165, 1.54) is 21.9 Å². The second-order valence-electron chi connectivity index (χ2n) is 15.2. The highest BCUT2D eigenvalue weighted by Gasteiger charge is 2.52. The molecular formula is C41H52N5O8PSi. The summed E-state index contributed by atoms with van der Waals surface area (Å²) >= 11 is 0. The van der Waals surface area contributed by atoms with Gasteiger partial charge in [0, 0.05) is 18.2 Å². The van der Waals surface area contributed by atoms with Crippen LogP contribution in [0.1, 0.15) is 55.7 Å². The van der Waals surface area contributed by atoms with E-state index in [0.29, 0.717) is 22.9 Å². The minimum atomic E-state index is -3.64. The maximum absolute atomic E-state index is 15.3. The molecule has 298 valence electrons. The Morgan fingerprint density at radius 3 is 2.02 bits per heavy atom. The quantitative estimate of drug-likeness (QED) is 0.0551. The van der Waals surface area contributed by atoms with Gasteiger partial charge in [-0.25, -0.2) is 14.5 Å². The number of benzene rings is 3. The molecule has 1 saturated heterocycles. The molecule has 4 atom stereocenters. The third kappa shape index (κ3) is 8.46. The lowest BCUT2D eigenvalue weighted by Gasteiger charge is -2.42. The zero-order chi connectivity index (χ0) is 40.3.